The molecule has 2 saturated heterocycles. The van der Waals surface area contributed by atoms with Gasteiger partial charge in [-0.15, -0.1) is 0 Å². The fourth-order valence-corrected chi connectivity index (χ4v) is 6.97. The molecule has 0 spiro atoms. The molecule has 3 aliphatic heterocycles. The van der Waals surface area contributed by atoms with Gasteiger partial charge < -0.3 is 19.6 Å². The smallest absolute Gasteiger partial charge is 0.340 e. The monoisotopic (exact) mass is 520 g/mol. The van der Waals surface area contributed by atoms with Crippen LogP contribution in [0.4, 0.5) is 18.9 Å². The summed E-state index contributed by atoms with van der Waals surface area (Å²) in [6.07, 6.45) is 8.18. The standard InChI is InChI=1S/C28H39F3N4S/c29-28(30,31)23-10-11-27-25(22-23)35(24-8-2-1-3-9-26(24)36-27)17-7-16-34-20-18-33(19-21-34)15-6-14-32-12-4-5-13-32/h8-11,22H,1-7,12-21H2. The summed E-state index contributed by atoms with van der Waals surface area (Å²) in [7, 11) is 0. The molecule has 8 heteroatoms. The molecule has 0 atom stereocenters. The van der Waals surface area contributed by atoms with E-state index in [1.165, 1.54) is 62.5 Å². The average Bonchev–Trinajstić information content (AvgIpc) is 3.27. The molecule has 0 bridgehead atoms. The number of nitrogens with zero attached hydrogens (tertiary/aromatic N) is 4. The number of hydrogen-bond donors (Lipinski definition) is 0. The van der Waals surface area contributed by atoms with Crippen LogP contribution in [0, 0.1) is 0 Å². The van der Waals surface area contributed by atoms with Crippen molar-refractivity contribution < 1.29 is 13.2 Å². The summed E-state index contributed by atoms with van der Waals surface area (Å²) in [5, 5.41) is 0. The summed E-state index contributed by atoms with van der Waals surface area (Å²) in [5.41, 5.74) is 1.25. The van der Waals surface area contributed by atoms with E-state index in [4.69, 9.17) is 0 Å². The normalized spacial score (nSPS) is 22.1. The van der Waals surface area contributed by atoms with Gasteiger partial charge in [0.2, 0.25) is 0 Å². The number of piperazine rings is 1. The second-order valence-electron chi connectivity index (χ2n) is 10.5. The molecule has 0 amide bonds. The van der Waals surface area contributed by atoms with E-state index in [9.17, 15) is 13.2 Å². The molecule has 1 aliphatic carbocycles. The maximum atomic E-state index is 13.5. The third kappa shape index (κ3) is 6.50. The maximum Gasteiger partial charge on any atom is 0.416 e. The number of anilines is 1. The predicted octanol–water partition coefficient (Wildman–Crippen LogP) is 6.06. The van der Waals surface area contributed by atoms with Crippen molar-refractivity contribution in [3.63, 3.8) is 0 Å². The van der Waals surface area contributed by atoms with Gasteiger partial charge in [0.05, 0.1) is 16.9 Å². The summed E-state index contributed by atoms with van der Waals surface area (Å²) in [4.78, 5) is 12.0. The first kappa shape index (κ1) is 26.1. The van der Waals surface area contributed by atoms with Crippen molar-refractivity contribution in [1.29, 1.82) is 0 Å². The van der Waals surface area contributed by atoms with Gasteiger partial charge >= 0.3 is 6.18 Å². The van der Waals surface area contributed by atoms with Gasteiger partial charge in [0.25, 0.3) is 0 Å². The second-order valence-corrected chi connectivity index (χ2v) is 11.5. The Morgan fingerprint density at radius 2 is 1.33 bits per heavy atom. The first-order chi connectivity index (χ1) is 17.5. The molecule has 2 fully saturated rings. The lowest BCUT2D eigenvalue weighted by Gasteiger charge is -2.37. The summed E-state index contributed by atoms with van der Waals surface area (Å²) < 4.78 is 40.5. The second kappa shape index (κ2) is 11.9. The number of halogens is 3. The predicted molar refractivity (Wildman–Crippen MR) is 142 cm³/mol. The largest absolute Gasteiger partial charge is 0.416 e. The minimum atomic E-state index is -4.33. The maximum absolute atomic E-state index is 13.5. The number of allylic oxidation sites excluding steroid dienone is 2. The molecule has 5 rings (SSSR count). The van der Waals surface area contributed by atoms with E-state index in [-0.39, 0.29) is 0 Å². The highest BCUT2D eigenvalue weighted by Gasteiger charge is 2.34. The SMILES string of the molecule is FC(F)(F)c1ccc2c(c1)N(CCCN1CCN(CCCN3CCCC3)CC1)C1=CCCCC=C1S2. The van der Waals surface area contributed by atoms with Crippen LogP contribution in [-0.4, -0.2) is 80.1 Å². The molecule has 4 aliphatic rings. The Morgan fingerprint density at radius 3 is 2.00 bits per heavy atom. The highest BCUT2D eigenvalue weighted by Crippen LogP contribution is 2.48. The molecule has 0 saturated carbocycles. The number of hydrogen-bond acceptors (Lipinski definition) is 5. The number of rotatable bonds is 8. The van der Waals surface area contributed by atoms with Crippen LogP contribution in [0.15, 0.2) is 45.8 Å². The highest BCUT2D eigenvalue weighted by molar-refractivity contribution is 8.03. The zero-order chi connectivity index (χ0) is 25.0. The minimum absolute atomic E-state index is 0.561. The Morgan fingerprint density at radius 1 is 0.722 bits per heavy atom. The Balaban J connectivity index is 1.16. The van der Waals surface area contributed by atoms with Crippen LogP contribution in [0.5, 0.6) is 0 Å². The first-order valence-corrected chi connectivity index (χ1v) is 14.5. The number of thioether (sulfide) groups is 1. The van der Waals surface area contributed by atoms with Crippen LogP contribution in [-0.2, 0) is 6.18 Å². The van der Waals surface area contributed by atoms with Gasteiger partial charge in [0.15, 0.2) is 0 Å². The average molecular weight is 521 g/mol. The molecule has 0 unspecified atom stereocenters. The first-order valence-electron chi connectivity index (χ1n) is 13.7. The third-order valence-electron chi connectivity index (χ3n) is 7.88. The zero-order valence-corrected chi connectivity index (χ0v) is 22.1. The molecule has 1 aromatic carbocycles. The third-order valence-corrected chi connectivity index (χ3v) is 9.05. The molecule has 1 aromatic rings. The minimum Gasteiger partial charge on any atom is -0.340 e. The summed E-state index contributed by atoms with van der Waals surface area (Å²) in [5.74, 6) is 0. The van der Waals surface area contributed by atoms with Gasteiger partial charge in [0.1, 0.15) is 0 Å². The van der Waals surface area contributed by atoms with Crippen LogP contribution in [0.3, 0.4) is 0 Å². The Labute approximate surface area is 218 Å². The van der Waals surface area contributed by atoms with E-state index in [0.717, 1.165) is 75.5 Å². The van der Waals surface area contributed by atoms with E-state index in [1.54, 1.807) is 17.8 Å². The van der Waals surface area contributed by atoms with Gasteiger partial charge in [-0.3, -0.25) is 0 Å². The topological polar surface area (TPSA) is 13.0 Å². The number of benzene rings is 1. The summed E-state index contributed by atoms with van der Waals surface area (Å²) in [6.45, 7) is 11.1. The van der Waals surface area contributed by atoms with Crippen LogP contribution >= 0.6 is 11.8 Å². The number of alkyl halides is 3. The summed E-state index contributed by atoms with van der Waals surface area (Å²) >= 11 is 1.62. The number of fused-ring (bicyclic) bond motifs is 2. The van der Waals surface area contributed by atoms with Crippen molar-refractivity contribution in [1.82, 2.24) is 14.7 Å². The van der Waals surface area contributed by atoms with Crippen LogP contribution in [0.25, 0.3) is 0 Å². The molecule has 0 radical (unpaired) electrons. The van der Waals surface area contributed by atoms with Crippen LogP contribution in [0.2, 0.25) is 0 Å². The molecular formula is C28H39F3N4S. The van der Waals surface area contributed by atoms with E-state index in [0.29, 0.717) is 5.69 Å². The molecule has 0 aromatic heterocycles. The van der Waals surface area contributed by atoms with Gasteiger partial charge in [-0.05, 0) is 95.9 Å². The van der Waals surface area contributed by atoms with Gasteiger partial charge in [-0.2, -0.15) is 13.2 Å². The Kier molecular flexibility index (Phi) is 8.66. The van der Waals surface area contributed by atoms with Gasteiger partial charge in [0, 0.05) is 42.5 Å². The summed E-state index contributed by atoms with van der Waals surface area (Å²) in [6, 6.07) is 4.23. The van der Waals surface area contributed by atoms with E-state index in [2.05, 4.69) is 31.8 Å². The fourth-order valence-electron chi connectivity index (χ4n) is 5.83. The molecule has 3 heterocycles. The highest BCUT2D eigenvalue weighted by atomic mass is 32.2. The Bertz CT molecular complexity index is 947. The molecule has 198 valence electrons. The van der Waals surface area contributed by atoms with Crippen molar-refractivity contribution in [2.45, 2.75) is 56.0 Å². The van der Waals surface area contributed by atoms with E-state index >= 15 is 0 Å². The van der Waals surface area contributed by atoms with Gasteiger partial charge in [-0.25, -0.2) is 0 Å². The lowest BCUT2D eigenvalue weighted by molar-refractivity contribution is -0.137. The van der Waals surface area contributed by atoms with Crippen molar-refractivity contribution in [3.05, 3.63) is 46.5 Å². The Hall–Kier alpha value is -1.48. The molecule has 4 nitrogen and oxygen atoms in total. The van der Waals surface area contributed by atoms with Crippen molar-refractivity contribution >= 4 is 17.4 Å². The van der Waals surface area contributed by atoms with Crippen molar-refractivity contribution in [3.8, 4) is 0 Å². The fraction of sp³-hybridized carbons (Fsp3) is 0.643. The van der Waals surface area contributed by atoms with Crippen LogP contribution < -0.4 is 4.90 Å². The van der Waals surface area contributed by atoms with Crippen molar-refractivity contribution in [2.75, 3.05) is 70.3 Å². The van der Waals surface area contributed by atoms with E-state index < -0.39 is 11.7 Å². The van der Waals surface area contributed by atoms with Gasteiger partial charge in [-0.1, -0.05) is 23.9 Å². The van der Waals surface area contributed by atoms with Crippen molar-refractivity contribution in [2.24, 2.45) is 0 Å². The molecule has 36 heavy (non-hydrogen) atoms. The number of likely N-dealkylation sites (tertiary alicyclic amines) is 1. The zero-order valence-electron chi connectivity index (χ0n) is 21.2. The molecule has 0 N–H and O–H groups in total. The quantitative estimate of drug-likeness (QED) is 0.412. The lowest BCUT2D eigenvalue weighted by atomic mass is 10.1. The van der Waals surface area contributed by atoms with Crippen LogP contribution in [0.1, 0.15) is 50.5 Å². The lowest BCUT2D eigenvalue weighted by Crippen LogP contribution is -2.47. The molecular weight excluding hydrogens is 481 g/mol. The van der Waals surface area contributed by atoms with E-state index in [1.807, 2.05) is 0 Å².